The van der Waals surface area contributed by atoms with E-state index in [9.17, 15) is 0 Å². The highest BCUT2D eigenvalue weighted by molar-refractivity contribution is 6.25. The summed E-state index contributed by atoms with van der Waals surface area (Å²) in [5, 5.41) is 7.81. The van der Waals surface area contributed by atoms with Gasteiger partial charge in [-0.1, -0.05) is 159 Å². The maximum Gasteiger partial charge on any atom is 0.0465 e. The quantitative estimate of drug-likeness (QED) is 0.166. The van der Waals surface area contributed by atoms with Crippen molar-refractivity contribution in [2.24, 2.45) is 0 Å². The molecule has 9 aromatic carbocycles. The number of hydrogen-bond acceptors (Lipinski definition) is 1. The Morgan fingerprint density at radius 2 is 0.750 bits per heavy atom. The van der Waals surface area contributed by atoms with Crippen LogP contribution in [-0.4, -0.2) is 0 Å². The van der Waals surface area contributed by atoms with Gasteiger partial charge in [0.25, 0.3) is 0 Å². The molecule has 0 unspecified atom stereocenters. The zero-order valence-corrected chi connectivity index (χ0v) is 29.3. The summed E-state index contributed by atoms with van der Waals surface area (Å²) in [4.78, 5) is 2.37. The second kappa shape index (κ2) is 11.8. The minimum absolute atomic E-state index is 0.0602. The predicted molar refractivity (Wildman–Crippen MR) is 222 cm³/mol. The largest absolute Gasteiger partial charge is 0.310 e. The smallest absolute Gasteiger partial charge is 0.0465 e. The Morgan fingerprint density at radius 3 is 1.40 bits per heavy atom. The van der Waals surface area contributed by atoms with Crippen LogP contribution in [0.5, 0.6) is 0 Å². The second-order valence-corrected chi connectivity index (χ2v) is 14.5. The van der Waals surface area contributed by atoms with Gasteiger partial charge in [0.15, 0.2) is 0 Å². The summed E-state index contributed by atoms with van der Waals surface area (Å²) in [5.74, 6) is 0. The highest BCUT2D eigenvalue weighted by Gasteiger charge is 2.35. The molecule has 9 aromatic rings. The maximum atomic E-state index is 2.40. The average Bonchev–Trinajstić information content (AvgIpc) is 3.44. The topological polar surface area (TPSA) is 3.24 Å². The summed E-state index contributed by atoms with van der Waals surface area (Å²) in [6.07, 6.45) is 0. The Morgan fingerprint density at radius 1 is 0.308 bits per heavy atom. The molecule has 10 rings (SSSR count). The van der Waals surface area contributed by atoms with E-state index in [-0.39, 0.29) is 5.41 Å². The minimum Gasteiger partial charge on any atom is -0.310 e. The molecule has 0 bridgehead atoms. The van der Waals surface area contributed by atoms with Crippen molar-refractivity contribution in [3.8, 4) is 33.4 Å². The fourth-order valence-corrected chi connectivity index (χ4v) is 8.60. The molecule has 0 saturated heterocycles. The maximum absolute atomic E-state index is 2.40. The Balaban J connectivity index is 0.987. The summed E-state index contributed by atoms with van der Waals surface area (Å²) in [5.41, 5.74) is 13.7. The Labute approximate surface area is 305 Å². The van der Waals surface area contributed by atoms with E-state index in [0.717, 1.165) is 11.4 Å². The van der Waals surface area contributed by atoms with E-state index in [2.05, 4.69) is 207 Å². The monoisotopic (exact) mass is 663 g/mol. The summed E-state index contributed by atoms with van der Waals surface area (Å²) in [6, 6.07) is 69.0. The van der Waals surface area contributed by atoms with Crippen LogP contribution < -0.4 is 4.90 Å². The van der Waals surface area contributed by atoms with Gasteiger partial charge in [-0.05, 0) is 119 Å². The number of para-hydroxylation sites is 1. The van der Waals surface area contributed by atoms with Crippen molar-refractivity contribution in [2.75, 3.05) is 4.90 Å². The number of rotatable bonds is 5. The lowest BCUT2D eigenvalue weighted by molar-refractivity contribution is 0.660. The van der Waals surface area contributed by atoms with Crippen molar-refractivity contribution in [2.45, 2.75) is 19.3 Å². The van der Waals surface area contributed by atoms with Crippen LogP contribution in [-0.2, 0) is 5.41 Å². The summed E-state index contributed by atoms with van der Waals surface area (Å²) < 4.78 is 0. The third kappa shape index (κ3) is 4.77. The summed E-state index contributed by atoms with van der Waals surface area (Å²) in [7, 11) is 0. The van der Waals surface area contributed by atoms with Crippen LogP contribution in [0.3, 0.4) is 0 Å². The molecule has 0 atom stereocenters. The lowest BCUT2D eigenvalue weighted by Crippen LogP contribution is -2.16. The first kappa shape index (κ1) is 30.4. The van der Waals surface area contributed by atoms with Crippen molar-refractivity contribution < 1.29 is 0 Å². The molecule has 52 heavy (non-hydrogen) atoms. The molecule has 0 fully saturated rings. The average molecular weight is 664 g/mol. The van der Waals surface area contributed by atoms with Crippen LogP contribution in [0.25, 0.3) is 65.7 Å². The van der Waals surface area contributed by atoms with Gasteiger partial charge in [-0.15, -0.1) is 0 Å². The van der Waals surface area contributed by atoms with Gasteiger partial charge in [-0.3, -0.25) is 0 Å². The Bertz CT molecular complexity index is 2760. The van der Waals surface area contributed by atoms with E-state index in [1.165, 1.54) is 82.5 Å². The van der Waals surface area contributed by atoms with Crippen LogP contribution in [0.1, 0.15) is 25.0 Å². The SMILES string of the molecule is CC1(C)c2ccccc2-c2ccc(N(c3ccccc3)c3ccc(-c4ccc(-c5ccc6c7ccccc7c7ccccc7c6c5)cc4)cc3)cc21. The van der Waals surface area contributed by atoms with Crippen LogP contribution in [0, 0.1) is 0 Å². The summed E-state index contributed by atoms with van der Waals surface area (Å²) in [6.45, 7) is 4.69. The van der Waals surface area contributed by atoms with Gasteiger partial charge in [-0.25, -0.2) is 0 Å². The van der Waals surface area contributed by atoms with Crippen LogP contribution in [0.15, 0.2) is 188 Å². The van der Waals surface area contributed by atoms with Gasteiger partial charge < -0.3 is 4.90 Å². The molecule has 0 amide bonds. The molecule has 0 aromatic heterocycles. The zero-order valence-electron chi connectivity index (χ0n) is 29.3. The number of fused-ring (bicyclic) bond motifs is 9. The van der Waals surface area contributed by atoms with Crippen molar-refractivity contribution in [3.05, 3.63) is 199 Å². The molecule has 0 N–H and O–H groups in total. The van der Waals surface area contributed by atoms with Gasteiger partial charge in [0.2, 0.25) is 0 Å². The lowest BCUT2D eigenvalue weighted by Gasteiger charge is -2.28. The Hall–Kier alpha value is -6.44. The molecule has 0 saturated carbocycles. The first-order valence-electron chi connectivity index (χ1n) is 18.2. The molecule has 1 nitrogen and oxygen atoms in total. The van der Waals surface area contributed by atoms with E-state index in [1.807, 2.05) is 0 Å². The number of benzene rings is 9. The normalized spacial score (nSPS) is 13.0. The van der Waals surface area contributed by atoms with E-state index in [1.54, 1.807) is 0 Å². The standard InChI is InChI=1S/C51H37N/c1-51(2)49-19-11-10-18-46(49)47-31-29-40(33-50(47)51)52(38-12-4-3-5-13-38)39-27-24-35(25-28-39)34-20-22-36(23-21-34)37-26-30-45-43-16-7-6-14-41(43)42-15-8-9-17-44(42)48(45)32-37/h3-33H,1-2H3. The second-order valence-electron chi connectivity index (χ2n) is 14.5. The third-order valence-corrected chi connectivity index (χ3v) is 11.3. The zero-order chi connectivity index (χ0) is 34.8. The fourth-order valence-electron chi connectivity index (χ4n) is 8.60. The molecule has 0 heterocycles. The van der Waals surface area contributed by atoms with Crippen LogP contribution in [0.4, 0.5) is 17.1 Å². The van der Waals surface area contributed by atoms with E-state index in [0.29, 0.717) is 0 Å². The van der Waals surface area contributed by atoms with Crippen molar-refractivity contribution >= 4 is 49.4 Å². The number of nitrogens with zero attached hydrogens (tertiary/aromatic N) is 1. The van der Waals surface area contributed by atoms with Crippen LogP contribution in [0.2, 0.25) is 0 Å². The highest BCUT2D eigenvalue weighted by atomic mass is 15.1. The summed E-state index contributed by atoms with van der Waals surface area (Å²) >= 11 is 0. The minimum atomic E-state index is -0.0602. The van der Waals surface area contributed by atoms with E-state index in [4.69, 9.17) is 0 Å². The molecule has 246 valence electrons. The molecule has 1 aliphatic rings. The van der Waals surface area contributed by atoms with Gasteiger partial charge in [0.1, 0.15) is 0 Å². The number of anilines is 3. The van der Waals surface area contributed by atoms with Gasteiger partial charge >= 0.3 is 0 Å². The molecule has 1 aliphatic carbocycles. The van der Waals surface area contributed by atoms with Gasteiger partial charge in [-0.2, -0.15) is 0 Å². The van der Waals surface area contributed by atoms with Gasteiger partial charge in [0, 0.05) is 22.5 Å². The van der Waals surface area contributed by atoms with Crippen LogP contribution >= 0.6 is 0 Å². The third-order valence-electron chi connectivity index (χ3n) is 11.3. The first-order valence-corrected chi connectivity index (χ1v) is 18.2. The molecular formula is C51H37N. The van der Waals surface area contributed by atoms with Crippen molar-refractivity contribution in [1.29, 1.82) is 0 Å². The highest BCUT2D eigenvalue weighted by Crippen LogP contribution is 2.50. The van der Waals surface area contributed by atoms with E-state index < -0.39 is 0 Å². The molecule has 0 aliphatic heterocycles. The first-order chi connectivity index (χ1) is 25.5. The fraction of sp³-hybridized carbons (Fsp3) is 0.0588. The molecule has 1 heteroatoms. The number of hydrogen-bond donors (Lipinski definition) is 0. The van der Waals surface area contributed by atoms with Gasteiger partial charge in [0.05, 0.1) is 0 Å². The Kier molecular flexibility index (Phi) is 6.91. The molecule has 0 radical (unpaired) electrons. The van der Waals surface area contributed by atoms with Crippen molar-refractivity contribution in [1.82, 2.24) is 0 Å². The van der Waals surface area contributed by atoms with Crippen molar-refractivity contribution in [3.63, 3.8) is 0 Å². The predicted octanol–water partition coefficient (Wildman–Crippen LogP) is 14.3. The van der Waals surface area contributed by atoms with E-state index >= 15 is 0 Å². The lowest BCUT2D eigenvalue weighted by atomic mass is 9.82. The molecule has 0 spiro atoms. The molecular weight excluding hydrogens is 627 g/mol.